The molecule has 0 aliphatic heterocycles. The molecule has 0 spiro atoms. The summed E-state index contributed by atoms with van der Waals surface area (Å²) in [6.07, 6.45) is -1.43. The fourth-order valence-electron chi connectivity index (χ4n) is 1.03. The van der Waals surface area contributed by atoms with Gasteiger partial charge in [-0.25, -0.2) is 13.8 Å². The van der Waals surface area contributed by atoms with Crippen molar-refractivity contribution < 1.29 is 18.3 Å². The highest BCUT2D eigenvalue weighted by Gasteiger charge is 2.20. The molecule has 0 fully saturated rings. The molecule has 0 atom stereocenters. The Morgan fingerprint density at radius 2 is 2.29 bits per heavy atom. The molecule has 0 aliphatic carbocycles. The summed E-state index contributed by atoms with van der Waals surface area (Å²) < 4.78 is 29.4. The molecule has 1 aromatic rings. The standard InChI is InChI=1S/C8H8F2N2O2/c1-14-7-4(3-13)5(11)2-12-6(7)8(9)10/h2-3,8H,11H2,1H3. The van der Waals surface area contributed by atoms with Crippen molar-refractivity contribution in [2.24, 2.45) is 0 Å². The third-order valence-corrected chi connectivity index (χ3v) is 1.66. The van der Waals surface area contributed by atoms with Gasteiger partial charge in [-0.3, -0.25) is 4.79 Å². The predicted molar refractivity (Wildman–Crippen MR) is 45.5 cm³/mol. The number of aromatic nitrogens is 1. The molecule has 1 rings (SSSR count). The molecule has 0 unspecified atom stereocenters. The number of carbonyl (C=O) groups is 1. The number of halogens is 2. The minimum absolute atomic E-state index is 0.0150. The number of nitrogens with two attached hydrogens (primary N) is 1. The van der Waals surface area contributed by atoms with Crippen LogP contribution < -0.4 is 10.5 Å². The summed E-state index contributed by atoms with van der Waals surface area (Å²) in [7, 11) is 1.18. The molecule has 76 valence electrons. The van der Waals surface area contributed by atoms with Gasteiger partial charge in [0, 0.05) is 0 Å². The van der Waals surface area contributed by atoms with Crippen LogP contribution in [0.2, 0.25) is 0 Å². The minimum Gasteiger partial charge on any atom is -0.494 e. The van der Waals surface area contributed by atoms with E-state index in [4.69, 9.17) is 5.73 Å². The van der Waals surface area contributed by atoms with Crippen molar-refractivity contribution >= 4 is 12.0 Å². The van der Waals surface area contributed by atoms with Gasteiger partial charge in [-0.05, 0) is 0 Å². The number of alkyl halides is 2. The van der Waals surface area contributed by atoms with Crippen LogP contribution in [0.25, 0.3) is 0 Å². The predicted octanol–water partition coefficient (Wildman–Crippen LogP) is 1.42. The molecule has 1 aromatic heterocycles. The van der Waals surface area contributed by atoms with E-state index in [9.17, 15) is 13.6 Å². The van der Waals surface area contributed by atoms with Crippen LogP contribution in [0.15, 0.2) is 6.20 Å². The Hall–Kier alpha value is -1.72. The molecule has 0 saturated heterocycles. The summed E-state index contributed by atoms with van der Waals surface area (Å²) in [6, 6.07) is 0. The van der Waals surface area contributed by atoms with Crippen molar-refractivity contribution in [3.63, 3.8) is 0 Å². The highest BCUT2D eigenvalue weighted by Crippen LogP contribution is 2.31. The van der Waals surface area contributed by atoms with Crippen molar-refractivity contribution in [1.29, 1.82) is 0 Å². The molecule has 0 aliphatic rings. The van der Waals surface area contributed by atoms with Crippen LogP contribution in [0.1, 0.15) is 22.5 Å². The van der Waals surface area contributed by atoms with E-state index >= 15 is 0 Å². The lowest BCUT2D eigenvalue weighted by atomic mass is 10.2. The third kappa shape index (κ3) is 1.63. The summed E-state index contributed by atoms with van der Waals surface area (Å²) >= 11 is 0. The minimum atomic E-state index is -2.80. The van der Waals surface area contributed by atoms with E-state index in [-0.39, 0.29) is 17.0 Å². The Labute approximate surface area is 78.7 Å². The number of hydrogen-bond donors (Lipinski definition) is 1. The maximum atomic E-state index is 12.4. The highest BCUT2D eigenvalue weighted by atomic mass is 19.3. The fourth-order valence-corrected chi connectivity index (χ4v) is 1.03. The van der Waals surface area contributed by atoms with Gasteiger partial charge in [-0.15, -0.1) is 0 Å². The van der Waals surface area contributed by atoms with Gasteiger partial charge < -0.3 is 10.5 Å². The van der Waals surface area contributed by atoms with Crippen molar-refractivity contribution in [1.82, 2.24) is 4.98 Å². The van der Waals surface area contributed by atoms with Crippen LogP contribution in [-0.2, 0) is 0 Å². The van der Waals surface area contributed by atoms with E-state index in [1.54, 1.807) is 0 Å². The van der Waals surface area contributed by atoms with E-state index < -0.39 is 12.1 Å². The first-order valence-corrected chi connectivity index (χ1v) is 3.67. The smallest absolute Gasteiger partial charge is 0.284 e. The van der Waals surface area contributed by atoms with Gasteiger partial charge >= 0.3 is 0 Å². The van der Waals surface area contributed by atoms with Crippen LogP contribution in [0.5, 0.6) is 5.75 Å². The van der Waals surface area contributed by atoms with Crippen molar-refractivity contribution in [3.8, 4) is 5.75 Å². The lowest BCUT2D eigenvalue weighted by molar-refractivity contribution is 0.111. The van der Waals surface area contributed by atoms with Gasteiger partial charge in [-0.1, -0.05) is 0 Å². The molecular weight excluding hydrogens is 194 g/mol. The van der Waals surface area contributed by atoms with Gasteiger partial charge in [0.25, 0.3) is 6.43 Å². The van der Waals surface area contributed by atoms with E-state index in [1.807, 2.05) is 0 Å². The molecule has 4 nitrogen and oxygen atoms in total. The highest BCUT2D eigenvalue weighted by molar-refractivity contribution is 5.87. The molecule has 14 heavy (non-hydrogen) atoms. The molecule has 6 heteroatoms. The summed E-state index contributed by atoms with van der Waals surface area (Å²) in [5.74, 6) is -0.269. The topological polar surface area (TPSA) is 65.2 Å². The number of nitrogens with zero attached hydrogens (tertiary/aromatic N) is 1. The maximum Gasteiger partial charge on any atom is 0.284 e. The van der Waals surface area contributed by atoms with Crippen molar-refractivity contribution in [2.75, 3.05) is 12.8 Å². The van der Waals surface area contributed by atoms with E-state index in [2.05, 4.69) is 9.72 Å². The molecule has 0 bridgehead atoms. The summed E-state index contributed by atoms with van der Waals surface area (Å²) in [6.45, 7) is 0. The van der Waals surface area contributed by atoms with Gasteiger partial charge in [0.15, 0.2) is 12.0 Å². The Morgan fingerprint density at radius 1 is 1.64 bits per heavy atom. The van der Waals surface area contributed by atoms with Gasteiger partial charge in [-0.2, -0.15) is 0 Å². The first-order valence-electron chi connectivity index (χ1n) is 3.67. The van der Waals surface area contributed by atoms with Gasteiger partial charge in [0.1, 0.15) is 5.69 Å². The number of rotatable bonds is 3. The molecule has 2 N–H and O–H groups in total. The Morgan fingerprint density at radius 3 is 2.71 bits per heavy atom. The summed E-state index contributed by atoms with van der Waals surface area (Å²) in [4.78, 5) is 13.9. The Kier molecular flexibility index (Phi) is 2.95. The molecule has 0 amide bonds. The molecule has 0 radical (unpaired) electrons. The largest absolute Gasteiger partial charge is 0.494 e. The Balaban J connectivity index is 3.40. The summed E-state index contributed by atoms with van der Waals surface area (Å²) in [5, 5.41) is 0. The maximum absolute atomic E-state index is 12.4. The zero-order valence-corrected chi connectivity index (χ0v) is 7.33. The van der Waals surface area contributed by atoms with Gasteiger partial charge in [0.05, 0.1) is 24.6 Å². The number of nitrogen functional groups attached to an aromatic ring is 1. The molecular formula is C8H8F2N2O2. The fraction of sp³-hybridized carbons (Fsp3) is 0.250. The quantitative estimate of drug-likeness (QED) is 0.753. The van der Waals surface area contributed by atoms with Crippen LogP contribution in [-0.4, -0.2) is 18.4 Å². The zero-order chi connectivity index (χ0) is 10.7. The lowest BCUT2D eigenvalue weighted by Crippen LogP contribution is -2.04. The second kappa shape index (κ2) is 3.99. The number of methoxy groups -OCH3 is 1. The van der Waals surface area contributed by atoms with Gasteiger partial charge in [0.2, 0.25) is 0 Å². The normalized spacial score (nSPS) is 10.3. The molecule has 0 aromatic carbocycles. The average Bonchev–Trinajstić information content (AvgIpc) is 2.16. The monoisotopic (exact) mass is 202 g/mol. The zero-order valence-electron chi connectivity index (χ0n) is 7.33. The van der Waals surface area contributed by atoms with E-state index in [0.29, 0.717) is 6.29 Å². The lowest BCUT2D eigenvalue weighted by Gasteiger charge is -2.10. The van der Waals surface area contributed by atoms with E-state index in [0.717, 1.165) is 6.20 Å². The molecule has 1 heterocycles. The van der Waals surface area contributed by atoms with Crippen molar-refractivity contribution in [3.05, 3.63) is 17.5 Å². The number of anilines is 1. The summed E-state index contributed by atoms with van der Waals surface area (Å²) in [5.41, 5.74) is 4.69. The Bertz CT molecular complexity index is 355. The first-order chi connectivity index (χ1) is 6.61. The first kappa shape index (κ1) is 10.4. The SMILES string of the molecule is COc1c(C(F)F)ncc(N)c1C=O. The number of aldehydes is 1. The van der Waals surface area contributed by atoms with E-state index in [1.165, 1.54) is 7.11 Å². The number of pyridine rings is 1. The number of hydrogen-bond acceptors (Lipinski definition) is 4. The van der Waals surface area contributed by atoms with Crippen LogP contribution in [0.3, 0.4) is 0 Å². The second-order valence-corrected chi connectivity index (χ2v) is 2.46. The molecule has 0 saturated carbocycles. The second-order valence-electron chi connectivity index (χ2n) is 2.46. The average molecular weight is 202 g/mol. The van der Waals surface area contributed by atoms with Crippen molar-refractivity contribution in [2.45, 2.75) is 6.43 Å². The third-order valence-electron chi connectivity index (χ3n) is 1.66. The number of carbonyl (C=O) groups excluding carboxylic acids is 1. The number of ether oxygens (including phenoxy) is 1. The van der Waals surface area contributed by atoms with Crippen LogP contribution in [0.4, 0.5) is 14.5 Å². The van der Waals surface area contributed by atoms with Crippen LogP contribution in [0, 0.1) is 0 Å². The van der Waals surface area contributed by atoms with Crippen LogP contribution >= 0.6 is 0 Å².